The zero-order valence-corrected chi connectivity index (χ0v) is 14.5. The van der Waals surface area contributed by atoms with Crippen LogP contribution >= 0.6 is 11.3 Å². The van der Waals surface area contributed by atoms with Crippen LogP contribution in [0.3, 0.4) is 0 Å². The number of rotatable bonds is 6. The number of epoxide rings is 1. The average molecular weight is 351 g/mol. The predicted octanol–water partition coefficient (Wildman–Crippen LogP) is 4.35. The molecule has 1 aliphatic rings. The number of ether oxygens (including phenoxy) is 2. The number of carbonyl (C=O) groups is 1. The first-order valence-electron chi connectivity index (χ1n) is 8.10. The topological polar surface area (TPSA) is 51.7 Å². The number of Topliss-reactive ketones (excluding diaryl/α,β-unsaturated/α-hetero) is 1. The van der Waals surface area contributed by atoms with Gasteiger partial charge in [-0.2, -0.15) is 0 Å². The maximum absolute atomic E-state index is 12.8. The van der Waals surface area contributed by atoms with Crippen molar-refractivity contribution < 1.29 is 14.3 Å². The number of aryl methyl sites for hydroxylation is 1. The molecular weight excluding hydrogens is 334 g/mol. The Morgan fingerprint density at radius 3 is 2.68 bits per heavy atom. The standard InChI is InChI=1S/C20H17NO3S/c1-13-21-16(12-25-13)19-20(24-19)18(22)15-9-5-6-10-17(15)23-11-14-7-3-2-4-8-14/h2-10,12,19-20H,11H2,1H3/t19-,20+/m1/s1. The van der Waals surface area contributed by atoms with Gasteiger partial charge in [-0.05, 0) is 24.6 Å². The van der Waals surface area contributed by atoms with E-state index in [1.807, 2.05) is 60.8 Å². The zero-order valence-electron chi connectivity index (χ0n) is 13.7. The minimum Gasteiger partial charge on any atom is -0.488 e. The number of aromatic nitrogens is 1. The molecule has 3 aromatic rings. The minimum absolute atomic E-state index is 0.0562. The number of thiazole rings is 1. The highest BCUT2D eigenvalue weighted by molar-refractivity contribution is 7.09. The summed E-state index contributed by atoms with van der Waals surface area (Å²) in [7, 11) is 0. The van der Waals surface area contributed by atoms with Crippen LogP contribution in [0.2, 0.25) is 0 Å². The predicted molar refractivity (Wildman–Crippen MR) is 96.0 cm³/mol. The molecule has 0 aliphatic carbocycles. The van der Waals surface area contributed by atoms with Crippen molar-refractivity contribution >= 4 is 17.1 Å². The molecule has 0 radical (unpaired) electrons. The van der Waals surface area contributed by atoms with Crippen LogP contribution in [0.4, 0.5) is 0 Å². The lowest BCUT2D eigenvalue weighted by Gasteiger charge is -2.10. The first-order chi connectivity index (χ1) is 12.2. The Morgan fingerprint density at radius 1 is 1.16 bits per heavy atom. The van der Waals surface area contributed by atoms with Crippen molar-refractivity contribution in [3.8, 4) is 5.75 Å². The molecule has 126 valence electrons. The third-order valence-corrected chi connectivity index (χ3v) is 4.86. The van der Waals surface area contributed by atoms with E-state index in [1.165, 1.54) is 0 Å². The van der Waals surface area contributed by atoms with E-state index in [-0.39, 0.29) is 11.9 Å². The Bertz CT molecular complexity index is 891. The van der Waals surface area contributed by atoms with Gasteiger partial charge in [0.05, 0.1) is 16.3 Å². The summed E-state index contributed by atoms with van der Waals surface area (Å²) < 4.78 is 11.5. The van der Waals surface area contributed by atoms with Gasteiger partial charge in [0.2, 0.25) is 0 Å². The summed E-state index contributed by atoms with van der Waals surface area (Å²) in [5, 5.41) is 2.92. The van der Waals surface area contributed by atoms with E-state index < -0.39 is 6.10 Å². The van der Waals surface area contributed by atoms with Crippen molar-refractivity contribution in [2.75, 3.05) is 0 Å². The van der Waals surface area contributed by atoms with Gasteiger partial charge in [-0.15, -0.1) is 11.3 Å². The van der Waals surface area contributed by atoms with E-state index in [2.05, 4.69) is 4.98 Å². The molecule has 4 rings (SSSR count). The van der Waals surface area contributed by atoms with E-state index in [1.54, 1.807) is 17.4 Å². The maximum atomic E-state index is 12.8. The molecule has 0 spiro atoms. The van der Waals surface area contributed by atoms with Gasteiger partial charge >= 0.3 is 0 Å². The molecule has 25 heavy (non-hydrogen) atoms. The lowest BCUT2D eigenvalue weighted by atomic mass is 10.0. The van der Waals surface area contributed by atoms with Crippen molar-refractivity contribution in [1.82, 2.24) is 4.98 Å². The first kappa shape index (κ1) is 16.0. The SMILES string of the molecule is Cc1nc([C@H]2O[C@H]2C(=O)c2ccccc2OCc2ccccc2)cs1. The quantitative estimate of drug-likeness (QED) is 0.489. The highest BCUT2D eigenvalue weighted by Crippen LogP contribution is 2.41. The van der Waals surface area contributed by atoms with Crippen LogP contribution < -0.4 is 4.74 Å². The number of para-hydroxylation sites is 1. The van der Waals surface area contributed by atoms with Crippen molar-refractivity contribution in [3.63, 3.8) is 0 Å². The average Bonchev–Trinajstić information content (AvgIpc) is 3.34. The lowest BCUT2D eigenvalue weighted by molar-refractivity contribution is 0.0949. The largest absolute Gasteiger partial charge is 0.488 e. The fourth-order valence-electron chi connectivity index (χ4n) is 2.73. The molecule has 0 N–H and O–H groups in total. The molecule has 0 unspecified atom stereocenters. The molecule has 0 saturated carbocycles. The number of carbonyl (C=O) groups excluding carboxylic acids is 1. The molecule has 2 aromatic carbocycles. The Balaban J connectivity index is 1.48. The smallest absolute Gasteiger partial charge is 0.198 e. The molecule has 2 atom stereocenters. The number of ketones is 1. The van der Waals surface area contributed by atoms with Crippen molar-refractivity contribution in [1.29, 1.82) is 0 Å². The van der Waals surface area contributed by atoms with Gasteiger partial charge in [0, 0.05) is 5.38 Å². The monoisotopic (exact) mass is 351 g/mol. The van der Waals surface area contributed by atoms with E-state index in [0.717, 1.165) is 16.3 Å². The van der Waals surface area contributed by atoms with Gasteiger partial charge in [0.25, 0.3) is 0 Å². The van der Waals surface area contributed by atoms with Crippen LogP contribution in [0.5, 0.6) is 5.75 Å². The van der Waals surface area contributed by atoms with Gasteiger partial charge in [0.15, 0.2) is 11.9 Å². The number of benzene rings is 2. The lowest BCUT2D eigenvalue weighted by Crippen LogP contribution is -2.11. The van der Waals surface area contributed by atoms with Crippen LogP contribution in [0.1, 0.15) is 32.7 Å². The Hall–Kier alpha value is -2.50. The fourth-order valence-corrected chi connectivity index (χ4v) is 3.37. The third-order valence-electron chi connectivity index (χ3n) is 4.07. The van der Waals surface area contributed by atoms with Gasteiger partial charge < -0.3 is 9.47 Å². The first-order valence-corrected chi connectivity index (χ1v) is 8.98. The molecule has 1 aromatic heterocycles. The molecule has 0 bridgehead atoms. The second-order valence-corrected chi connectivity index (χ2v) is 6.97. The van der Waals surface area contributed by atoms with E-state index in [4.69, 9.17) is 9.47 Å². The van der Waals surface area contributed by atoms with Gasteiger partial charge in [-0.1, -0.05) is 42.5 Å². The molecule has 1 aliphatic heterocycles. The zero-order chi connectivity index (χ0) is 17.2. The number of nitrogens with zero attached hydrogens (tertiary/aromatic N) is 1. The van der Waals surface area contributed by atoms with Crippen LogP contribution in [0.25, 0.3) is 0 Å². The van der Waals surface area contributed by atoms with Crippen LogP contribution in [0, 0.1) is 6.92 Å². The second-order valence-electron chi connectivity index (χ2n) is 5.90. The number of hydrogen-bond acceptors (Lipinski definition) is 5. The molecule has 1 fully saturated rings. The summed E-state index contributed by atoms with van der Waals surface area (Å²) in [6.45, 7) is 2.37. The highest BCUT2D eigenvalue weighted by Gasteiger charge is 2.48. The Kier molecular flexibility index (Phi) is 4.34. The highest BCUT2D eigenvalue weighted by atomic mass is 32.1. The normalized spacial score (nSPS) is 18.8. The van der Waals surface area contributed by atoms with Gasteiger partial charge in [0.1, 0.15) is 18.5 Å². The third kappa shape index (κ3) is 3.48. The van der Waals surface area contributed by atoms with E-state index in [9.17, 15) is 4.79 Å². The van der Waals surface area contributed by atoms with Crippen LogP contribution in [-0.2, 0) is 11.3 Å². The molecule has 2 heterocycles. The van der Waals surface area contributed by atoms with Crippen LogP contribution in [-0.4, -0.2) is 16.9 Å². The van der Waals surface area contributed by atoms with Crippen molar-refractivity contribution in [3.05, 3.63) is 81.8 Å². The minimum atomic E-state index is -0.469. The molecule has 4 nitrogen and oxygen atoms in total. The molecule has 0 amide bonds. The molecule has 5 heteroatoms. The summed E-state index contributed by atoms with van der Waals surface area (Å²) in [6.07, 6.45) is -0.706. The summed E-state index contributed by atoms with van der Waals surface area (Å²) >= 11 is 1.56. The summed E-state index contributed by atoms with van der Waals surface area (Å²) in [5.74, 6) is 0.527. The van der Waals surface area contributed by atoms with Gasteiger partial charge in [-0.3, -0.25) is 4.79 Å². The van der Waals surface area contributed by atoms with Gasteiger partial charge in [-0.25, -0.2) is 4.98 Å². The maximum Gasteiger partial charge on any atom is 0.198 e. The summed E-state index contributed by atoms with van der Waals surface area (Å²) in [6, 6.07) is 17.2. The molecule has 1 saturated heterocycles. The second kappa shape index (κ2) is 6.78. The van der Waals surface area contributed by atoms with E-state index in [0.29, 0.717) is 17.9 Å². The summed E-state index contributed by atoms with van der Waals surface area (Å²) in [4.78, 5) is 17.2. The Labute approximate surface area is 150 Å². The van der Waals surface area contributed by atoms with Crippen molar-refractivity contribution in [2.45, 2.75) is 25.7 Å². The van der Waals surface area contributed by atoms with E-state index >= 15 is 0 Å². The molecular formula is C20H17NO3S. The summed E-state index contributed by atoms with van der Waals surface area (Å²) in [5.41, 5.74) is 2.45. The Morgan fingerprint density at radius 2 is 1.92 bits per heavy atom. The van der Waals surface area contributed by atoms with Crippen molar-refractivity contribution in [2.24, 2.45) is 0 Å². The van der Waals surface area contributed by atoms with Crippen LogP contribution in [0.15, 0.2) is 60.0 Å². The number of hydrogen-bond donors (Lipinski definition) is 0. The fraction of sp³-hybridized carbons (Fsp3) is 0.200.